The van der Waals surface area contributed by atoms with E-state index in [0.717, 1.165) is 0 Å². The van der Waals surface area contributed by atoms with Crippen LogP contribution in [0.2, 0.25) is 20.9 Å². The number of hydrogen-bond acceptors (Lipinski definition) is 6. The highest BCUT2D eigenvalue weighted by atomic mass is 35.5. The summed E-state index contributed by atoms with van der Waals surface area (Å²) < 4.78 is 3.63. The van der Waals surface area contributed by atoms with Crippen molar-refractivity contribution in [1.82, 2.24) is 39.0 Å². The zero-order chi connectivity index (χ0) is 18.3. The van der Waals surface area contributed by atoms with Crippen molar-refractivity contribution in [3.63, 3.8) is 0 Å². The maximum atomic E-state index is 6.01. The Morgan fingerprint density at radius 3 is 1.54 bits per heavy atom. The van der Waals surface area contributed by atoms with Crippen molar-refractivity contribution in [3.8, 4) is 0 Å². The lowest BCUT2D eigenvalue weighted by Crippen LogP contribution is -1.98. The Hall–Kier alpha value is -2.00. The summed E-state index contributed by atoms with van der Waals surface area (Å²) in [5.41, 5.74) is 2.15. The summed E-state index contributed by atoms with van der Waals surface area (Å²) in [6.07, 6.45) is 7.15. The molecule has 4 heterocycles. The van der Waals surface area contributed by atoms with Gasteiger partial charge in [-0.25, -0.2) is 19.9 Å². The average molecular weight is 430 g/mol. The Balaban J connectivity index is 1.54. The van der Waals surface area contributed by atoms with Crippen molar-refractivity contribution in [2.45, 2.75) is 13.1 Å². The molecule has 0 amide bonds. The molecule has 12 heteroatoms. The zero-order valence-electron chi connectivity index (χ0n) is 12.8. The molecule has 8 nitrogen and oxygen atoms in total. The molecular weight excluding hydrogens is 422 g/mol. The lowest BCUT2D eigenvalue weighted by molar-refractivity contribution is 0.806. The first-order chi connectivity index (χ1) is 12.5. The fraction of sp³-hybridized carbons (Fsp3) is 0.143. The Kier molecular flexibility index (Phi) is 4.66. The predicted octanol–water partition coefficient (Wildman–Crippen LogP) is 3.84. The van der Waals surface area contributed by atoms with E-state index in [0.29, 0.717) is 35.4 Å². The Morgan fingerprint density at radius 2 is 1.12 bits per heavy atom. The van der Waals surface area contributed by atoms with Crippen LogP contribution in [0.25, 0.3) is 22.3 Å². The molecule has 0 bridgehead atoms. The van der Waals surface area contributed by atoms with Crippen LogP contribution >= 0.6 is 46.4 Å². The molecule has 0 saturated heterocycles. The number of hydrogen-bond donors (Lipinski definition) is 0. The van der Waals surface area contributed by atoms with Crippen LogP contribution in [0.1, 0.15) is 0 Å². The molecule has 0 unspecified atom stereocenters. The number of aromatic nitrogens is 8. The minimum Gasteiger partial charge on any atom is -0.311 e. The Bertz CT molecular complexity index is 1060. The van der Waals surface area contributed by atoms with Crippen LogP contribution in [0.5, 0.6) is 0 Å². The number of halogens is 4. The van der Waals surface area contributed by atoms with E-state index >= 15 is 0 Å². The van der Waals surface area contributed by atoms with Crippen molar-refractivity contribution in [2.24, 2.45) is 0 Å². The van der Waals surface area contributed by atoms with Gasteiger partial charge in [0.05, 0.1) is 12.7 Å². The lowest BCUT2D eigenvalue weighted by atomic mass is 10.4. The third kappa shape index (κ3) is 3.21. The smallest absolute Gasteiger partial charge is 0.225 e. The second-order valence-electron chi connectivity index (χ2n) is 5.18. The van der Waals surface area contributed by atoms with Crippen molar-refractivity contribution in [1.29, 1.82) is 0 Å². The predicted molar refractivity (Wildman–Crippen MR) is 99.8 cm³/mol. The summed E-state index contributed by atoms with van der Waals surface area (Å²) in [6, 6.07) is 0. The standard InChI is InChI=1S/C14H8Cl4N8/c15-9-7-11(23-13(17)21-9)25(5-19-7)3-1-2-4-26-6-20-8-10(16)22-14(18)24-12(8)26/h1-2,5-6H,3-4H2/b2-1-. The topological polar surface area (TPSA) is 87.2 Å². The highest BCUT2D eigenvalue weighted by molar-refractivity contribution is 6.35. The van der Waals surface area contributed by atoms with Gasteiger partial charge in [-0.05, 0) is 23.2 Å². The van der Waals surface area contributed by atoms with Gasteiger partial charge < -0.3 is 9.13 Å². The molecule has 4 aromatic heterocycles. The summed E-state index contributed by atoms with van der Waals surface area (Å²) in [4.78, 5) is 24.5. The fourth-order valence-corrected chi connectivity index (χ4v) is 3.26. The summed E-state index contributed by atoms with van der Waals surface area (Å²) in [7, 11) is 0. The number of fused-ring (bicyclic) bond motifs is 2. The summed E-state index contributed by atoms with van der Waals surface area (Å²) in [6.45, 7) is 1.06. The van der Waals surface area contributed by atoms with Gasteiger partial charge in [0.1, 0.15) is 11.0 Å². The first kappa shape index (κ1) is 17.4. The summed E-state index contributed by atoms with van der Waals surface area (Å²) >= 11 is 23.7. The molecule has 0 atom stereocenters. The third-order valence-corrected chi connectivity index (χ3v) is 4.42. The van der Waals surface area contributed by atoms with Crippen molar-refractivity contribution in [2.75, 3.05) is 0 Å². The molecule has 4 rings (SSSR count). The van der Waals surface area contributed by atoms with Crippen LogP contribution in [-0.4, -0.2) is 39.0 Å². The molecule has 0 radical (unpaired) electrons. The summed E-state index contributed by atoms with van der Waals surface area (Å²) in [5.74, 6) is 0. The molecule has 0 spiro atoms. The van der Waals surface area contributed by atoms with Gasteiger partial charge in [-0.1, -0.05) is 35.4 Å². The number of nitrogens with zero attached hydrogens (tertiary/aromatic N) is 8. The van der Waals surface area contributed by atoms with Crippen LogP contribution in [0.4, 0.5) is 0 Å². The van der Waals surface area contributed by atoms with E-state index in [2.05, 4.69) is 29.9 Å². The minimum absolute atomic E-state index is 0.0755. The number of imidazole rings is 2. The highest BCUT2D eigenvalue weighted by Crippen LogP contribution is 2.21. The first-order valence-electron chi connectivity index (χ1n) is 7.25. The van der Waals surface area contributed by atoms with Gasteiger partial charge in [-0.2, -0.15) is 9.97 Å². The normalized spacial score (nSPS) is 12.0. The van der Waals surface area contributed by atoms with Crippen molar-refractivity contribution in [3.05, 3.63) is 45.7 Å². The maximum Gasteiger partial charge on any atom is 0.225 e. The zero-order valence-corrected chi connectivity index (χ0v) is 15.8. The quantitative estimate of drug-likeness (QED) is 0.278. The lowest BCUT2D eigenvalue weighted by Gasteiger charge is -2.01. The van der Waals surface area contributed by atoms with Gasteiger partial charge in [0.25, 0.3) is 0 Å². The molecular formula is C14H8Cl4N8. The second-order valence-corrected chi connectivity index (χ2v) is 6.57. The number of rotatable bonds is 4. The van der Waals surface area contributed by atoms with E-state index in [1.165, 1.54) is 0 Å². The second kappa shape index (κ2) is 6.96. The molecule has 0 fully saturated rings. The molecule has 0 saturated carbocycles. The van der Waals surface area contributed by atoms with Gasteiger partial charge in [0.2, 0.25) is 10.6 Å². The minimum atomic E-state index is 0.0755. The molecule has 4 aromatic rings. The first-order valence-corrected chi connectivity index (χ1v) is 8.77. The van der Waals surface area contributed by atoms with E-state index in [4.69, 9.17) is 46.4 Å². The molecule has 0 aliphatic heterocycles. The Morgan fingerprint density at radius 1 is 0.692 bits per heavy atom. The third-order valence-electron chi connectivity index (χ3n) is 3.56. The van der Waals surface area contributed by atoms with Crippen molar-refractivity contribution < 1.29 is 0 Å². The fourth-order valence-electron chi connectivity index (χ4n) is 2.41. The molecule has 26 heavy (non-hydrogen) atoms. The van der Waals surface area contributed by atoms with E-state index in [9.17, 15) is 0 Å². The molecule has 132 valence electrons. The Labute approximate surface area is 166 Å². The SMILES string of the molecule is Clc1nc(Cl)c2ncn(C/C=C\Cn3cnc4c(Cl)nc(Cl)nc43)c2n1. The molecule has 0 aromatic carbocycles. The van der Waals surface area contributed by atoms with E-state index in [-0.39, 0.29) is 20.9 Å². The molecule has 0 N–H and O–H groups in total. The van der Waals surface area contributed by atoms with Crippen LogP contribution in [0.15, 0.2) is 24.8 Å². The van der Waals surface area contributed by atoms with Crippen LogP contribution in [-0.2, 0) is 13.1 Å². The van der Waals surface area contributed by atoms with Crippen LogP contribution in [0.3, 0.4) is 0 Å². The molecule has 0 aliphatic carbocycles. The monoisotopic (exact) mass is 428 g/mol. The van der Waals surface area contributed by atoms with E-state index in [1.54, 1.807) is 12.7 Å². The largest absolute Gasteiger partial charge is 0.311 e. The van der Waals surface area contributed by atoms with Crippen LogP contribution in [0, 0.1) is 0 Å². The van der Waals surface area contributed by atoms with E-state index in [1.807, 2.05) is 21.3 Å². The van der Waals surface area contributed by atoms with Gasteiger partial charge in [0, 0.05) is 13.1 Å². The van der Waals surface area contributed by atoms with Gasteiger partial charge in [-0.15, -0.1) is 0 Å². The highest BCUT2D eigenvalue weighted by Gasteiger charge is 2.11. The maximum absolute atomic E-state index is 6.01. The van der Waals surface area contributed by atoms with Crippen molar-refractivity contribution >= 4 is 68.7 Å². The summed E-state index contributed by atoms with van der Waals surface area (Å²) in [5, 5.41) is 0.597. The van der Waals surface area contributed by atoms with Gasteiger partial charge in [0.15, 0.2) is 21.6 Å². The van der Waals surface area contributed by atoms with Crippen LogP contribution < -0.4 is 0 Å². The number of allylic oxidation sites excluding steroid dienone is 2. The molecule has 0 aliphatic rings. The van der Waals surface area contributed by atoms with Gasteiger partial charge in [-0.3, -0.25) is 0 Å². The average Bonchev–Trinajstić information content (AvgIpc) is 3.16. The van der Waals surface area contributed by atoms with Gasteiger partial charge >= 0.3 is 0 Å². The van der Waals surface area contributed by atoms with E-state index < -0.39 is 0 Å².